The Morgan fingerprint density at radius 3 is 1.37 bits per heavy atom. The summed E-state index contributed by atoms with van der Waals surface area (Å²) >= 11 is 0. The highest BCUT2D eigenvalue weighted by molar-refractivity contribution is 5.48. The average Bonchev–Trinajstić information content (AvgIpc) is 3.73. The van der Waals surface area contributed by atoms with Crippen molar-refractivity contribution in [2.75, 3.05) is 14.2 Å². The van der Waals surface area contributed by atoms with E-state index in [2.05, 4.69) is 0 Å². The average molecular weight is 469 g/mol. The second-order valence-electron chi connectivity index (χ2n) is 8.35. The zero-order valence-electron chi connectivity index (χ0n) is 19.8. The Balaban J connectivity index is 1.30. The summed E-state index contributed by atoms with van der Waals surface area (Å²) < 4.78 is 29.3. The van der Waals surface area contributed by atoms with Crippen LogP contribution in [0.1, 0.15) is 34.5 Å². The molecule has 1 aliphatic rings. The van der Waals surface area contributed by atoms with E-state index in [1.165, 1.54) is 0 Å². The van der Waals surface area contributed by atoms with Crippen molar-refractivity contribution in [3.8, 4) is 23.0 Å². The number of ether oxygens (including phenoxy) is 5. The maximum absolute atomic E-state index is 6.08. The van der Waals surface area contributed by atoms with Crippen molar-refractivity contribution >= 4 is 0 Å². The van der Waals surface area contributed by atoms with Crippen LogP contribution in [-0.4, -0.2) is 14.2 Å². The first-order chi connectivity index (χ1) is 17.2. The van der Waals surface area contributed by atoms with Crippen LogP contribution < -0.4 is 18.9 Å². The predicted molar refractivity (Wildman–Crippen MR) is 134 cm³/mol. The lowest BCUT2D eigenvalue weighted by Crippen LogP contribution is -1.99. The molecule has 178 valence electrons. The molecule has 1 fully saturated rings. The number of hydrogen-bond acceptors (Lipinski definition) is 5. The van der Waals surface area contributed by atoms with Gasteiger partial charge in [0.2, 0.25) is 0 Å². The van der Waals surface area contributed by atoms with Gasteiger partial charge >= 0.3 is 0 Å². The SMILES string of the molecule is COc1ccc(C2OC2c2ccc(OC)c(OCc3ccccc3)c2)cc1OCc1ccccc1. The van der Waals surface area contributed by atoms with Gasteiger partial charge in [-0.05, 0) is 46.5 Å². The molecule has 0 aromatic heterocycles. The number of methoxy groups -OCH3 is 2. The van der Waals surface area contributed by atoms with Crippen LogP contribution in [0.2, 0.25) is 0 Å². The van der Waals surface area contributed by atoms with Gasteiger partial charge in [0.15, 0.2) is 23.0 Å². The zero-order valence-corrected chi connectivity index (χ0v) is 19.8. The van der Waals surface area contributed by atoms with E-state index in [1.54, 1.807) is 14.2 Å². The molecule has 5 nitrogen and oxygen atoms in total. The van der Waals surface area contributed by atoms with Crippen LogP contribution in [0.4, 0.5) is 0 Å². The first-order valence-electron chi connectivity index (χ1n) is 11.6. The highest BCUT2D eigenvalue weighted by Gasteiger charge is 2.42. The van der Waals surface area contributed by atoms with Crippen molar-refractivity contribution in [3.05, 3.63) is 119 Å². The molecule has 1 saturated heterocycles. The fraction of sp³-hybridized carbons (Fsp3) is 0.200. The third-order valence-electron chi connectivity index (χ3n) is 6.00. The molecule has 4 aromatic rings. The molecule has 5 heteroatoms. The molecule has 1 heterocycles. The number of hydrogen-bond donors (Lipinski definition) is 0. The van der Waals surface area contributed by atoms with Gasteiger partial charge in [0, 0.05) is 0 Å². The molecule has 5 rings (SSSR count). The van der Waals surface area contributed by atoms with Gasteiger partial charge < -0.3 is 23.7 Å². The third-order valence-corrected chi connectivity index (χ3v) is 6.00. The van der Waals surface area contributed by atoms with E-state index in [4.69, 9.17) is 23.7 Å². The van der Waals surface area contributed by atoms with Gasteiger partial charge in [-0.1, -0.05) is 72.8 Å². The quantitative estimate of drug-likeness (QED) is 0.243. The summed E-state index contributed by atoms with van der Waals surface area (Å²) in [6.07, 6.45) is -0.120. The Hall–Kier alpha value is -3.96. The summed E-state index contributed by atoms with van der Waals surface area (Å²) in [7, 11) is 3.30. The minimum Gasteiger partial charge on any atom is -0.493 e. The molecule has 1 aliphatic heterocycles. The Morgan fingerprint density at radius 2 is 0.971 bits per heavy atom. The molecular formula is C30H28O5. The van der Waals surface area contributed by atoms with Crippen LogP contribution in [-0.2, 0) is 18.0 Å². The zero-order chi connectivity index (χ0) is 24.0. The van der Waals surface area contributed by atoms with E-state index in [-0.39, 0.29) is 12.2 Å². The topological polar surface area (TPSA) is 49.5 Å². The lowest BCUT2D eigenvalue weighted by molar-refractivity contribution is 0.283. The minimum atomic E-state index is -0.0599. The van der Waals surface area contributed by atoms with Gasteiger partial charge in [-0.3, -0.25) is 0 Å². The van der Waals surface area contributed by atoms with E-state index in [0.717, 1.165) is 22.3 Å². The second kappa shape index (κ2) is 10.5. The summed E-state index contributed by atoms with van der Waals surface area (Å²) in [5.41, 5.74) is 4.28. The van der Waals surface area contributed by atoms with Crippen molar-refractivity contribution in [2.45, 2.75) is 25.4 Å². The van der Waals surface area contributed by atoms with Crippen LogP contribution in [0.3, 0.4) is 0 Å². The lowest BCUT2D eigenvalue weighted by atomic mass is 10.0. The van der Waals surface area contributed by atoms with E-state index in [1.807, 2.05) is 97.1 Å². The standard InChI is InChI=1S/C30H28O5/c1-31-25-15-13-23(17-27(25)33-19-21-9-5-3-6-10-21)29-30(35-29)24-14-16-26(32-2)28(18-24)34-20-22-11-7-4-8-12-22/h3-18,29-30H,19-20H2,1-2H3. The fourth-order valence-corrected chi connectivity index (χ4v) is 4.06. The second-order valence-corrected chi connectivity index (χ2v) is 8.35. The van der Waals surface area contributed by atoms with Crippen LogP contribution in [0.15, 0.2) is 97.1 Å². The van der Waals surface area contributed by atoms with Crippen molar-refractivity contribution < 1.29 is 23.7 Å². The molecule has 0 N–H and O–H groups in total. The van der Waals surface area contributed by atoms with Gasteiger partial charge in [-0.15, -0.1) is 0 Å². The van der Waals surface area contributed by atoms with Gasteiger partial charge in [0.25, 0.3) is 0 Å². The van der Waals surface area contributed by atoms with E-state index >= 15 is 0 Å². The van der Waals surface area contributed by atoms with E-state index < -0.39 is 0 Å². The molecule has 0 spiro atoms. The summed E-state index contributed by atoms with van der Waals surface area (Å²) in [6, 6.07) is 32.1. The maximum atomic E-state index is 6.08. The molecule has 0 bridgehead atoms. The number of epoxide rings is 1. The van der Waals surface area contributed by atoms with Gasteiger partial charge in [-0.2, -0.15) is 0 Å². The predicted octanol–water partition coefficient (Wildman–Crippen LogP) is 6.67. The number of benzene rings is 4. The third kappa shape index (κ3) is 5.42. The Bertz CT molecular complexity index is 1160. The molecule has 0 aliphatic carbocycles. The first-order valence-corrected chi connectivity index (χ1v) is 11.6. The Morgan fingerprint density at radius 1 is 0.543 bits per heavy atom. The Labute approximate surface area is 205 Å². The van der Waals surface area contributed by atoms with Crippen molar-refractivity contribution in [2.24, 2.45) is 0 Å². The molecular weight excluding hydrogens is 440 g/mol. The summed E-state index contributed by atoms with van der Waals surface area (Å²) in [5, 5.41) is 0. The molecule has 0 amide bonds. The molecule has 0 radical (unpaired) electrons. The lowest BCUT2D eigenvalue weighted by Gasteiger charge is -2.13. The van der Waals surface area contributed by atoms with E-state index in [9.17, 15) is 0 Å². The van der Waals surface area contributed by atoms with Crippen molar-refractivity contribution in [3.63, 3.8) is 0 Å². The summed E-state index contributed by atoms with van der Waals surface area (Å²) in [5.74, 6) is 2.79. The highest BCUT2D eigenvalue weighted by Crippen LogP contribution is 2.53. The van der Waals surface area contributed by atoms with E-state index in [0.29, 0.717) is 36.2 Å². The highest BCUT2D eigenvalue weighted by atomic mass is 16.6. The molecule has 4 aromatic carbocycles. The minimum absolute atomic E-state index is 0.0599. The van der Waals surface area contributed by atoms with Gasteiger partial charge in [-0.25, -0.2) is 0 Å². The van der Waals surface area contributed by atoms with Gasteiger partial charge in [0.1, 0.15) is 25.4 Å². The summed E-state index contributed by atoms with van der Waals surface area (Å²) in [4.78, 5) is 0. The first kappa shape index (κ1) is 22.8. The van der Waals surface area contributed by atoms with Gasteiger partial charge in [0.05, 0.1) is 14.2 Å². The number of rotatable bonds is 10. The Kier molecular flexibility index (Phi) is 6.87. The monoisotopic (exact) mass is 468 g/mol. The summed E-state index contributed by atoms with van der Waals surface area (Å²) in [6.45, 7) is 0.937. The molecule has 2 unspecified atom stereocenters. The fourth-order valence-electron chi connectivity index (χ4n) is 4.06. The van der Waals surface area contributed by atoms with Crippen molar-refractivity contribution in [1.82, 2.24) is 0 Å². The van der Waals surface area contributed by atoms with Crippen LogP contribution in [0, 0.1) is 0 Å². The molecule has 35 heavy (non-hydrogen) atoms. The smallest absolute Gasteiger partial charge is 0.162 e. The van der Waals surface area contributed by atoms with Crippen LogP contribution in [0.5, 0.6) is 23.0 Å². The van der Waals surface area contributed by atoms with Crippen LogP contribution in [0.25, 0.3) is 0 Å². The normalized spacial score (nSPS) is 16.4. The molecule has 0 saturated carbocycles. The van der Waals surface area contributed by atoms with Crippen LogP contribution >= 0.6 is 0 Å². The van der Waals surface area contributed by atoms with Crippen molar-refractivity contribution in [1.29, 1.82) is 0 Å². The molecule has 2 atom stereocenters. The largest absolute Gasteiger partial charge is 0.493 e. The maximum Gasteiger partial charge on any atom is 0.162 e.